The molecule has 162 valence electrons. The first kappa shape index (κ1) is 23.0. The highest BCUT2D eigenvalue weighted by atomic mass is 35.5. The van der Waals surface area contributed by atoms with Gasteiger partial charge in [-0.2, -0.15) is 0 Å². The van der Waals surface area contributed by atoms with Crippen LogP contribution in [-0.4, -0.2) is 40.2 Å². The molecule has 0 bridgehead atoms. The van der Waals surface area contributed by atoms with Crippen molar-refractivity contribution in [2.24, 2.45) is 0 Å². The number of amides is 1. The maximum Gasteiger partial charge on any atom is 0.341 e. The van der Waals surface area contributed by atoms with Crippen molar-refractivity contribution in [3.63, 3.8) is 0 Å². The van der Waals surface area contributed by atoms with E-state index in [1.807, 2.05) is 0 Å². The Hall–Kier alpha value is -2.69. The van der Waals surface area contributed by atoms with Crippen molar-refractivity contribution in [2.75, 3.05) is 17.7 Å². The van der Waals surface area contributed by atoms with E-state index in [1.54, 1.807) is 38.1 Å². The highest BCUT2D eigenvalue weighted by Gasteiger charge is 2.25. The van der Waals surface area contributed by atoms with Crippen molar-refractivity contribution in [1.29, 1.82) is 0 Å². The first-order chi connectivity index (χ1) is 14.8. The molecule has 0 aliphatic rings. The van der Waals surface area contributed by atoms with E-state index in [1.165, 1.54) is 6.92 Å². The number of hydrogen-bond acceptors (Lipinski definition) is 9. The van der Waals surface area contributed by atoms with Crippen LogP contribution in [0.25, 0.3) is 11.5 Å². The van der Waals surface area contributed by atoms with Crippen LogP contribution in [0.3, 0.4) is 0 Å². The number of thioether (sulfide) groups is 1. The Labute approximate surface area is 191 Å². The van der Waals surface area contributed by atoms with Crippen LogP contribution in [0.15, 0.2) is 33.9 Å². The van der Waals surface area contributed by atoms with Crippen LogP contribution in [0.5, 0.6) is 0 Å². The molecule has 0 spiro atoms. The molecule has 0 fully saturated rings. The summed E-state index contributed by atoms with van der Waals surface area (Å²) in [5.74, 6) is -0.890. The van der Waals surface area contributed by atoms with Gasteiger partial charge in [0.05, 0.1) is 22.8 Å². The summed E-state index contributed by atoms with van der Waals surface area (Å²) in [5, 5.41) is 11.7. The average molecular weight is 480 g/mol. The zero-order chi connectivity index (χ0) is 22.5. The third-order valence-electron chi connectivity index (χ3n) is 4.02. The number of halogens is 1. The van der Waals surface area contributed by atoms with Gasteiger partial charge in [0.2, 0.25) is 11.8 Å². The van der Waals surface area contributed by atoms with Crippen molar-refractivity contribution in [3.05, 3.63) is 45.3 Å². The fourth-order valence-electron chi connectivity index (χ4n) is 2.65. The molecule has 0 saturated carbocycles. The standard InChI is InChI=1S/C20H18ClN3O5S2/c1-4-28-19(27)15-10(2)16(11(3)25)31-18(15)22-14(26)9-30-20-24-23-17(29-20)12-5-7-13(21)8-6-12/h5-8H,4,9H2,1-3H3,(H,22,26). The van der Waals surface area contributed by atoms with Gasteiger partial charge in [0.25, 0.3) is 5.22 Å². The molecule has 0 atom stereocenters. The van der Waals surface area contributed by atoms with E-state index in [4.69, 9.17) is 20.8 Å². The average Bonchev–Trinajstić information content (AvgIpc) is 3.32. The smallest absolute Gasteiger partial charge is 0.341 e. The van der Waals surface area contributed by atoms with Gasteiger partial charge in [0.1, 0.15) is 5.00 Å². The number of ether oxygens (including phenoxy) is 1. The van der Waals surface area contributed by atoms with Crippen LogP contribution in [0.1, 0.15) is 39.4 Å². The molecule has 1 aromatic carbocycles. The summed E-state index contributed by atoms with van der Waals surface area (Å²) >= 11 is 7.97. The van der Waals surface area contributed by atoms with E-state index in [-0.39, 0.29) is 33.9 Å². The number of anilines is 1. The molecule has 8 nitrogen and oxygen atoms in total. The van der Waals surface area contributed by atoms with E-state index in [2.05, 4.69) is 15.5 Å². The molecule has 1 N–H and O–H groups in total. The highest BCUT2D eigenvalue weighted by Crippen LogP contribution is 2.34. The van der Waals surface area contributed by atoms with E-state index < -0.39 is 11.9 Å². The lowest BCUT2D eigenvalue weighted by Gasteiger charge is -2.06. The summed E-state index contributed by atoms with van der Waals surface area (Å²) in [6.07, 6.45) is 0. The molecule has 0 saturated heterocycles. The maximum absolute atomic E-state index is 12.5. The number of nitrogens with one attached hydrogen (secondary N) is 1. The minimum atomic E-state index is -0.587. The Morgan fingerprint density at radius 2 is 1.94 bits per heavy atom. The largest absolute Gasteiger partial charge is 0.462 e. The third kappa shape index (κ3) is 5.52. The number of rotatable bonds is 8. The zero-order valence-electron chi connectivity index (χ0n) is 16.9. The second-order valence-corrected chi connectivity index (χ2v) is 8.64. The van der Waals surface area contributed by atoms with Crippen LogP contribution in [0, 0.1) is 6.92 Å². The minimum absolute atomic E-state index is 0.0309. The molecule has 1 amide bonds. The Balaban J connectivity index is 1.68. The van der Waals surface area contributed by atoms with Gasteiger partial charge in [-0.3, -0.25) is 9.59 Å². The van der Waals surface area contributed by atoms with Crippen LogP contribution < -0.4 is 5.32 Å². The van der Waals surface area contributed by atoms with Gasteiger partial charge >= 0.3 is 5.97 Å². The number of ketones is 1. The Morgan fingerprint density at radius 1 is 1.23 bits per heavy atom. The number of Topliss-reactive ketones (excluding diaryl/α,β-unsaturated/α-hetero) is 1. The molecule has 0 unspecified atom stereocenters. The van der Waals surface area contributed by atoms with Gasteiger partial charge in [0.15, 0.2) is 5.78 Å². The predicted molar refractivity (Wildman–Crippen MR) is 119 cm³/mol. The number of esters is 1. The van der Waals surface area contributed by atoms with Crippen molar-refractivity contribution in [2.45, 2.75) is 26.0 Å². The predicted octanol–water partition coefficient (Wildman–Crippen LogP) is 4.87. The normalized spacial score (nSPS) is 10.7. The number of nitrogens with zero attached hydrogens (tertiary/aromatic N) is 2. The number of carbonyl (C=O) groups excluding carboxylic acids is 3. The van der Waals surface area contributed by atoms with E-state index in [9.17, 15) is 14.4 Å². The molecule has 2 heterocycles. The zero-order valence-corrected chi connectivity index (χ0v) is 19.2. The molecule has 0 radical (unpaired) electrons. The lowest BCUT2D eigenvalue weighted by atomic mass is 10.1. The number of thiophene rings is 1. The molecule has 11 heteroatoms. The van der Waals surface area contributed by atoms with Crippen LogP contribution in [-0.2, 0) is 9.53 Å². The van der Waals surface area contributed by atoms with Crippen molar-refractivity contribution in [3.8, 4) is 11.5 Å². The second-order valence-electron chi connectivity index (χ2n) is 6.25. The van der Waals surface area contributed by atoms with Crippen molar-refractivity contribution < 1.29 is 23.5 Å². The Bertz CT molecular complexity index is 1120. The van der Waals surface area contributed by atoms with Crippen molar-refractivity contribution >= 4 is 57.4 Å². The lowest BCUT2D eigenvalue weighted by Crippen LogP contribution is -2.16. The van der Waals surface area contributed by atoms with Gasteiger partial charge in [-0.1, -0.05) is 23.4 Å². The SMILES string of the molecule is CCOC(=O)c1c(NC(=O)CSc2nnc(-c3ccc(Cl)cc3)o2)sc(C(C)=O)c1C. The topological polar surface area (TPSA) is 111 Å². The summed E-state index contributed by atoms with van der Waals surface area (Å²) in [6.45, 7) is 4.92. The lowest BCUT2D eigenvalue weighted by molar-refractivity contribution is -0.113. The molecular weight excluding hydrogens is 462 g/mol. The molecule has 2 aromatic heterocycles. The fourth-order valence-corrected chi connectivity index (χ4v) is 4.45. The number of aromatic nitrogens is 2. The fraction of sp³-hybridized carbons (Fsp3) is 0.250. The molecular formula is C20H18ClN3O5S2. The van der Waals surface area contributed by atoms with Crippen molar-refractivity contribution in [1.82, 2.24) is 10.2 Å². The van der Waals surface area contributed by atoms with Crippen LogP contribution >= 0.6 is 34.7 Å². The molecule has 0 aliphatic heterocycles. The second kappa shape index (κ2) is 10.1. The molecule has 0 aliphatic carbocycles. The number of benzene rings is 1. The molecule has 3 aromatic rings. The van der Waals surface area contributed by atoms with E-state index in [0.29, 0.717) is 26.9 Å². The van der Waals surface area contributed by atoms with E-state index >= 15 is 0 Å². The summed E-state index contributed by atoms with van der Waals surface area (Å²) in [4.78, 5) is 37.0. The summed E-state index contributed by atoms with van der Waals surface area (Å²) < 4.78 is 10.6. The van der Waals surface area contributed by atoms with Gasteiger partial charge in [0, 0.05) is 10.6 Å². The molecule has 31 heavy (non-hydrogen) atoms. The quantitative estimate of drug-likeness (QED) is 0.276. The molecule has 3 rings (SSSR count). The Kier molecular flexibility index (Phi) is 7.47. The van der Waals surface area contributed by atoms with Gasteiger partial charge in [-0.15, -0.1) is 21.5 Å². The highest BCUT2D eigenvalue weighted by molar-refractivity contribution is 7.99. The van der Waals surface area contributed by atoms with Crippen LogP contribution in [0.4, 0.5) is 5.00 Å². The summed E-state index contributed by atoms with van der Waals surface area (Å²) in [7, 11) is 0. The minimum Gasteiger partial charge on any atom is -0.462 e. The number of carbonyl (C=O) groups is 3. The number of hydrogen-bond donors (Lipinski definition) is 1. The van der Waals surface area contributed by atoms with Gasteiger partial charge < -0.3 is 14.5 Å². The Morgan fingerprint density at radius 3 is 2.58 bits per heavy atom. The van der Waals surface area contributed by atoms with Crippen LogP contribution in [0.2, 0.25) is 5.02 Å². The monoisotopic (exact) mass is 479 g/mol. The first-order valence-corrected chi connectivity index (χ1v) is 11.3. The third-order valence-corrected chi connectivity index (χ3v) is 6.40. The van der Waals surface area contributed by atoms with E-state index in [0.717, 1.165) is 23.1 Å². The summed E-state index contributed by atoms with van der Waals surface area (Å²) in [6, 6.07) is 6.92. The maximum atomic E-state index is 12.5. The summed E-state index contributed by atoms with van der Waals surface area (Å²) in [5.41, 5.74) is 1.39. The van der Waals surface area contributed by atoms with Gasteiger partial charge in [-0.25, -0.2) is 4.79 Å². The van der Waals surface area contributed by atoms with Gasteiger partial charge in [-0.05, 0) is 50.6 Å². The first-order valence-electron chi connectivity index (χ1n) is 9.13.